The van der Waals surface area contributed by atoms with Crippen molar-refractivity contribution in [1.29, 1.82) is 0 Å². The van der Waals surface area contributed by atoms with E-state index in [1.807, 2.05) is 0 Å². The van der Waals surface area contributed by atoms with Gasteiger partial charge in [0.2, 0.25) is 0 Å². The fourth-order valence-corrected chi connectivity index (χ4v) is 3.20. The summed E-state index contributed by atoms with van der Waals surface area (Å²) < 4.78 is 42.4. The van der Waals surface area contributed by atoms with Crippen LogP contribution in [0.5, 0.6) is 5.75 Å². The Balaban J connectivity index is 2.55. The molecule has 0 aliphatic rings. The van der Waals surface area contributed by atoms with Crippen molar-refractivity contribution in [2.24, 2.45) is 0 Å². The molecule has 0 spiro atoms. The first-order valence-corrected chi connectivity index (χ1v) is 7.25. The molecule has 0 aromatic heterocycles. The summed E-state index contributed by atoms with van der Waals surface area (Å²) in [6.07, 6.45) is -4.85. The molecule has 22 heavy (non-hydrogen) atoms. The number of halogens is 5. The molecule has 0 saturated carbocycles. The molecule has 0 atom stereocenters. The van der Waals surface area contributed by atoms with Gasteiger partial charge in [-0.3, -0.25) is 10.1 Å². The minimum absolute atomic E-state index is 0.149. The van der Waals surface area contributed by atoms with E-state index < -0.39 is 17.0 Å². The van der Waals surface area contributed by atoms with E-state index >= 15 is 0 Å². The Morgan fingerprint density at radius 3 is 2.18 bits per heavy atom. The highest BCUT2D eigenvalue weighted by Crippen LogP contribution is 2.41. The fourth-order valence-electron chi connectivity index (χ4n) is 1.79. The van der Waals surface area contributed by atoms with Crippen molar-refractivity contribution in [1.82, 2.24) is 0 Å². The number of ether oxygens (including phenoxy) is 1. The number of rotatable bonds is 3. The average molecular weight is 441 g/mol. The zero-order valence-corrected chi connectivity index (χ0v) is 13.7. The third-order valence-electron chi connectivity index (χ3n) is 2.61. The predicted octanol–water partition coefficient (Wildman–Crippen LogP) is 5.69. The highest BCUT2D eigenvalue weighted by atomic mass is 79.9. The van der Waals surface area contributed by atoms with E-state index in [4.69, 9.17) is 0 Å². The summed E-state index contributed by atoms with van der Waals surface area (Å²) in [5.41, 5.74) is 0.343. The van der Waals surface area contributed by atoms with Gasteiger partial charge in [0.05, 0.1) is 4.92 Å². The Morgan fingerprint density at radius 1 is 1.09 bits per heavy atom. The lowest BCUT2D eigenvalue weighted by Crippen LogP contribution is -2.17. The fraction of sp³-hybridized carbons (Fsp3) is 0.0769. The summed E-state index contributed by atoms with van der Waals surface area (Å²) in [5.74, 6) is -0.414. The Morgan fingerprint density at radius 2 is 1.68 bits per heavy atom. The highest BCUT2D eigenvalue weighted by molar-refractivity contribution is 9.11. The van der Waals surface area contributed by atoms with Crippen molar-refractivity contribution in [3.63, 3.8) is 0 Å². The molecule has 4 nitrogen and oxygen atoms in total. The van der Waals surface area contributed by atoms with Crippen molar-refractivity contribution < 1.29 is 22.8 Å². The van der Waals surface area contributed by atoms with E-state index in [9.17, 15) is 23.3 Å². The maximum absolute atomic E-state index is 12.5. The molecular weight excluding hydrogens is 435 g/mol. The molecule has 0 radical (unpaired) electrons. The van der Waals surface area contributed by atoms with Crippen molar-refractivity contribution in [2.45, 2.75) is 6.36 Å². The first-order valence-electron chi connectivity index (χ1n) is 5.67. The second-order valence-electron chi connectivity index (χ2n) is 4.11. The number of hydrogen-bond donors (Lipinski definition) is 0. The molecule has 116 valence electrons. The number of nitrogens with zero attached hydrogens (tertiary/aromatic N) is 1. The third-order valence-corrected chi connectivity index (χ3v) is 3.69. The first kappa shape index (κ1) is 16.8. The molecule has 0 amide bonds. The quantitative estimate of drug-likeness (QED) is 0.455. The molecule has 0 bridgehead atoms. The lowest BCUT2D eigenvalue weighted by molar-refractivity contribution is -0.384. The van der Waals surface area contributed by atoms with Gasteiger partial charge in [0, 0.05) is 26.6 Å². The monoisotopic (exact) mass is 439 g/mol. The Kier molecular flexibility index (Phi) is 4.76. The maximum atomic E-state index is 12.5. The summed E-state index contributed by atoms with van der Waals surface area (Å²) >= 11 is 6.27. The zero-order valence-electron chi connectivity index (χ0n) is 10.5. The van der Waals surface area contributed by atoms with Crippen LogP contribution in [0.15, 0.2) is 45.3 Å². The van der Waals surface area contributed by atoms with Gasteiger partial charge in [-0.2, -0.15) is 0 Å². The summed E-state index contributed by atoms with van der Waals surface area (Å²) in [6, 6.07) is 7.86. The average Bonchev–Trinajstić information content (AvgIpc) is 2.36. The molecule has 0 unspecified atom stereocenters. The molecule has 9 heteroatoms. The van der Waals surface area contributed by atoms with E-state index in [1.165, 1.54) is 30.3 Å². The molecule has 2 aromatic rings. The topological polar surface area (TPSA) is 52.4 Å². The van der Waals surface area contributed by atoms with E-state index in [0.717, 1.165) is 0 Å². The van der Waals surface area contributed by atoms with Gasteiger partial charge >= 0.3 is 6.36 Å². The Hall–Kier alpha value is -1.61. The van der Waals surface area contributed by atoms with Crippen LogP contribution in [0.4, 0.5) is 18.9 Å². The second kappa shape index (κ2) is 6.25. The number of nitro benzene ring substituents is 1. The molecule has 0 aliphatic carbocycles. The highest BCUT2D eigenvalue weighted by Gasteiger charge is 2.33. The van der Waals surface area contributed by atoms with Gasteiger partial charge in [-0.05, 0) is 45.8 Å². The van der Waals surface area contributed by atoms with Gasteiger partial charge in [0.1, 0.15) is 5.75 Å². The van der Waals surface area contributed by atoms with Gasteiger partial charge in [-0.1, -0.05) is 15.9 Å². The molecule has 0 saturated heterocycles. The minimum Gasteiger partial charge on any atom is -0.405 e. The SMILES string of the molecule is O=[N+]([O-])c1ccc(-c2c(Br)cc(Br)cc2OC(F)(F)F)cc1. The molecule has 0 fully saturated rings. The third kappa shape index (κ3) is 3.98. The van der Waals surface area contributed by atoms with Crippen LogP contribution in [0.1, 0.15) is 0 Å². The van der Waals surface area contributed by atoms with Crippen LogP contribution in [-0.2, 0) is 0 Å². The maximum Gasteiger partial charge on any atom is 0.573 e. The van der Waals surface area contributed by atoms with Gasteiger partial charge in [-0.25, -0.2) is 0 Å². The minimum atomic E-state index is -4.85. The van der Waals surface area contributed by atoms with Crippen molar-refractivity contribution >= 4 is 37.5 Å². The lowest BCUT2D eigenvalue weighted by Gasteiger charge is -2.15. The summed E-state index contributed by atoms with van der Waals surface area (Å²) in [5, 5.41) is 10.6. The summed E-state index contributed by atoms with van der Waals surface area (Å²) in [4.78, 5) is 10.0. The van der Waals surface area contributed by atoms with Crippen molar-refractivity contribution in [2.75, 3.05) is 0 Å². The van der Waals surface area contributed by atoms with E-state index in [0.29, 0.717) is 14.5 Å². The molecule has 0 N–H and O–H groups in total. The van der Waals surface area contributed by atoms with E-state index in [2.05, 4.69) is 36.6 Å². The van der Waals surface area contributed by atoms with Crippen molar-refractivity contribution in [3.8, 4) is 16.9 Å². The van der Waals surface area contributed by atoms with Crippen LogP contribution in [0.3, 0.4) is 0 Å². The molecule has 0 aliphatic heterocycles. The number of non-ortho nitro benzene ring substituents is 1. The summed E-state index contributed by atoms with van der Waals surface area (Å²) in [6.45, 7) is 0. The number of alkyl halides is 3. The van der Waals surface area contributed by atoms with E-state index in [-0.39, 0.29) is 11.3 Å². The van der Waals surface area contributed by atoms with Crippen molar-refractivity contribution in [3.05, 3.63) is 55.5 Å². The smallest absolute Gasteiger partial charge is 0.405 e. The largest absolute Gasteiger partial charge is 0.573 e. The number of hydrogen-bond acceptors (Lipinski definition) is 3. The normalized spacial score (nSPS) is 11.3. The van der Waals surface area contributed by atoms with E-state index in [1.54, 1.807) is 6.07 Å². The van der Waals surface area contributed by atoms with Gasteiger partial charge in [-0.15, -0.1) is 13.2 Å². The number of nitro groups is 1. The molecule has 0 heterocycles. The standard InChI is InChI=1S/C13H6Br2F3NO3/c14-8-5-10(15)12(11(6-8)22-13(16,17)18)7-1-3-9(4-2-7)19(20)21/h1-6H. The van der Waals surface area contributed by atoms with Gasteiger partial charge in [0.15, 0.2) is 0 Å². The lowest BCUT2D eigenvalue weighted by atomic mass is 10.0. The predicted molar refractivity (Wildman–Crippen MR) is 80.6 cm³/mol. The molecule has 2 aromatic carbocycles. The molecular formula is C13H6Br2F3NO3. The van der Waals surface area contributed by atoms with Crippen LogP contribution in [0.2, 0.25) is 0 Å². The first-order chi connectivity index (χ1) is 10.2. The van der Waals surface area contributed by atoms with Crippen LogP contribution in [0.25, 0.3) is 11.1 Å². The Bertz CT molecular complexity index is 718. The zero-order chi connectivity index (χ0) is 16.5. The molecule has 2 rings (SSSR count). The van der Waals surface area contributed by atoms with Crippen LogP contribution >= 0.6 is 31.9 Å². The Labute approximate surface area is 139 Å². The van der Waals surface area contributed by atoms with Crippen LogP contribution in [0, 0.1) is 10.1 Å². The summed E-state index contributed by atoms with van der Waals surface area (Å²) in [7, 11) is 0. The van der Waals surface area contributed by atoms with Gasteiger partial charge in [0.25, 0.3) is 5.69 Å². The number of benzene rings is 2. The van der Waals surface area contributed by atoms with Crippen LogP contribution in [-0.4, -0.2) is 11.3 Å². The van der Waals surface area contributed by atoms with Gasteiger partial charge < -0.3 is 4.74 Å². The second-order valence-corrected chi connectivity index (χ2v) is 5.88. The van der Waals surface area contributed by atoms with Crippen LogP contribution < -0.4 is 4.74 Å².